The molecule has 1 N–H and O–H groups in total. The molecule has 2 rings (SSSR count). The van der Waals surface area contributed by atoms with Crippen molar-refractivity contribution in [1.82, 2.24) is 0 Å². The largest absolute Gasteiger partial charge is 0.493 e. The lowest BCUT2D eigenvalue weighted by Gasteiger charge is -2.10. The average Bonchev–Trinajstić information content (AvgIpc) is 2.61. The number of nitrogens with zero attached hydrogens (tertiary/aromatic N) is 1. The lowest BCUT2D eigenvalue weighted by molar-refractivity contribution is -0.384. The van der Waals surface area contributed by atoms with E-state index < -0.39 is 23.4 Å². The summed E-state index contributed by atoms with van der Waals surface area (Å²) < 4.78 is 10.3. The third kappa shape index (κ3) is 6.10. The minimum atomic E-state index is -0.652. The molecular weight excluding hydrogens is 352 g/mol. The third-order valence-electron chi connectivity index (χ3n) is 3.64. The minimum absolute atomic E-state index is 0.0221. The number of rotatable bonds is 8. The zero-order valence-electron chi connectivity index (χ0n) is 15.1. The van der Waals surface area contributed by atoms with Crippen molar-refractivity contribution >= 4 is 23.3 Å². The van der Waals surface area contributed by atoms with Crippen LogP contribution in [0.5, 0.6) is 5.75 Å². The zero-order chi connectivity index (χ0) is 19.8. The van der Waals surface area contributed by atoms with Crippen LogP contribution in [0.4, 0.5) is 11.4 Å². The normalized spacial score (nSPS) is 10.1. The van der Waals surface area contributed by atoms with Crippen LogP contribution in [0.15, 0.2) is 42.5 Å². The van der Waals surface area contributed by atoms with Gasteiger partial charge in [-0.15, -0.1) is 0 Å². The van der Waals surface area contributed by atoms with Crippen molar-refractivity contribution in [1.29, 1.82) is 0 Å². The first-order valence-electron chi connectivity index (χ1n) is 8.26. The summed E-state index contributed by atoms with van der Waals surface area (Å²) in [6.07, 6.45) is -0.0221. The molecule has 8 nitrogen and oxygen atoms in total. The first-order valence-corrected chi connectivity index (χ1v) is 8.26. The second-order valence-electron chi connectivity index (χ2n) is 5.85. The highest BCUT2D eigenvalue weighted by Gasteiger charge is 2.18. The van der Waals surface area contributed by atoms with Crippen LogP contribution >= 0.6 is 0 Å². The van der Waals surface area contributed by atoms with E-state index in [0.29, 0.717) is 11.3 Å². The smallest absolute Gasteiger partial charge is 0.309 e. The van der Waals surface area contributed by atoms with Gasteiger partial charge >= 0.3 is 5.97 Å². The van der Waals surface area contributed by atoms with E-state index in [1.165, 1.54) is 12.1 Å². The van der Waals surface area contributed by atoms with Crippen molar-refractivity contribution < 1.29 is 24.0 Å². The van der Waals surface area contributed by atoms with Crippen LogP contribution in [-0.4, -0.2) is 30.0 Å². The van der Waals surface area contributed by atoms with Crippen molar-refractivity contribution in [3.63, 3.8) is 0 Å². The molecule has 0 saturated carbocycles. The number of anilines is 1. The topological polar surface area (TPSA) is 108 Å². The summed E-state index contributed by atoms with van der Waals surface area (Å²) in [4.78, 5) is 34.1. The summed E-state index contributed by atoms with van der Waals surface area (Å²) in [6, 6.07) is 11.8. The second-order valence-corrected chi connectivity index (χ2v) is 5.85. The van der Waals surface area contributed by atoms with Crippen LogP contribution < -0.4 is 10.1 Å². The van der Waals surface area contributed by atoms with Gasteiger partial charge in [-0.05, 0) is 37.1 Å². The van der Waals surface area contributed by atoms with Crippen molar-refractivity contribution in [3.8, 4) is 5.75 Å². The fourth-order valence-electron chi connectivity index (χ4n) is 2.32. The Morgan fingerprint density at radius 1 is 1.15 bits per heavy atom. The Labute approximate surface area is 156 Å². The molecule has 2 aromatic rings. The third-order valence-corrected chi connectivity index (χ3v) is 3.64. The standard InChI is InChI=1S/C19H20N2O6/c1-13-5-3-7-15(11-13)26-10-9-18(23)27-12-17(22)20-19-14(2)6-4-8-16(19)21(24)25/h3-8,11H,9-10,12H2,1-2H3,(H,20,22). The van der Waals surface area contributed by atoms with Gasteiger partial charge in [-0.1, -0.05) is 24.3 Å². The Hall–Kier alpha value is -3.42. The van der Waals surface area contributed by atoms with Gasteiger partial charge in [0.2, 0.25) is 0 Å². The molecule has 142 valence electrons. The Balaban J connectivity index is 1.78. The number of nitro benzene ring substituents is 1. The van der Waals surface area contributed by atoms with Crippen LogP contribution in [0.25, 0.3) is 0 Å². The van der Waals surface area contributed by atoms with Gasteiger partial charge < -0.3 is 14.8 Å². The molecule has 0 aromatic heterocycles. The summed E-state index contributed by atoms with van der Waals surface area (Å²) in [5.41, 5.74) is 1.44. The highest BCUT2D eigenvalue weighted by molar-refractivity contribution is 5.95. The first kappa shape index (κ1) is 19.9. The Morgan fingerprint density at radius 2 is 1.89 bits per heavy atom. The van der Waals surface area contributed by atoms with Gasteiger partial charge in [0, 0.05) is 6.07 Å². The van der Waals surface area contributed by atoms with E-state index in [-0.39, 0.29) is 24.4 Å². The Morgan fingerprint density at radius 3 is 2.59 bits per heavy atom. The molecular formula is C19H20N2O6. The van der Waals surface area contributed by atoms with E-state index in [4.69, 9.17) is 9.47 Å². The highest BCUT2D eigenvalue weighted by Crippen LogP contribution is 2.27. The molecule has 0 radical (unpaired) electrons. The molecule has 0 aliphatic heterocycles. The Bertz CT molecular complexity index is 850. The number of hydrogen-bond donors (Lipinski definition) is 1. The van der Waals surface area contributed by atoms with Crippen LogP contribution in [0, 0.1) is 24.0 Å². The molecule has 1 amide bonds. The number of nitro groups is 1. The zero-order valence-corrected chi connectivity index (χ0v) is 15.1. The Kier molecular flexibility index (Phi) is 6.87. The van der Waals surface area contributed by atoms with Crippen LogP contribution in [0.2, 0.25) is 0 Å². The molecule has 0 fully saturated rings. The number of ether oxygens (including phenoxy) is 2. The maximum absolute atomic E-state index is 11.9. The van der Waals surface area contributed by atoms with Crippen LogP contribution in [-0.2, 0) is 14.3 Å². The van der Waals surface area contributed by atoms with Crippen LogP contribution in [0.3, 0.4) is 0 Å². The van der Waals surface area contributed by atoms with Crippen molar-refractivity contribution in [3.05, 3.63) is 63.7 Å². The van der Waals surface area contributed by atoms with E-state index in [0.717, 1.165) is 5.56 Å². The van der Waals surface area contributed by atoms with Crippen molar-refractivity contribution in [2.45, 2.75) is 20.3 Å². The fraction of sp³-hybridized carbons (Fsp3) is 0.263. The summed E-state index contributed by atoms with van der Waals surface area (Å²) in [7, 11) is 0. The molecule has 0 unspecified atom stereocenters. The highest BCUT2D eigenvalue weighted by atomic mass is 16.6. The van der Waals surface area contributed by atoms with Gasteiger partial charge in [-0.25, -0.2) is 0 Å². The van der Waals surface area contributed by atoms with Gasteiger partial charge in [0.05, 0.1) is 18.0 Å². The molecule has 0 aliphatic rings. The minimum Gasteiger partial charge on any atom is -0.493 e. The summed E-state index contributed by atoms with van der Waals surface area (Å²) in [5, 5.41) is 13.4. The molecule has 0 saturated heterocycles. The number of aryl methyl sites for hydroxylation is 2. The molecule has 0 atom stereocenters. The van der Waals surface area contributed by atoms with Gasteiger partial charge in [0.15, 0.2) is 6.61 Å². The number of nitrogens with one attached hydrogen (secondary N) is 1. The predicted molar refractivity (Wildman–Crippen MR) is 98.7 cm³/mol. The molecule has 0 aliphatic carbocycles. The molecule has 8 heteroatoms. The monoisotopic (exact) mass is 372 g/mol. The molecule has 0 bridgehead atoms. The van der Waals surface area contributed by atoms with E-state index in [2.05, 4.69) is 5.32 Å². The van der Waals surface area contributed by atoms with Crippen molar-refractivity contribution in [2.24, 2.45) is 0 Å². The number of benzene rings is 2. The van der Waals surface area contributed by atoms with Gasteiger partial charge in [0.25, 0.3) is 11.6 Å². The SMILES string of the molecule is Cc1cccc(OCCC(=O)OCC(=O)Nc2c(C)cccc2[N+](=O)[O-])c1. The molecule has 27 heavy (non-hydrogen) atoms. The fourth-order valence-corrected chi connectivity index (χ4v) is 2.32. The number of esters is 1. The molecule has 0 spiro atoms. The quantitative estimate of drug-likeness (QED) is 0.433. The molecule has 2 aromatic carbocycles. The lowest BCUT2D eigenvalue weighted by Crippen LogP contribution is -2.22. The number of carbonyl (C=O) groups is 2. The average molecular weight is 372 g/mol. The molecule has 0 heterocycles. The number of para-hydroxylation sites is 1. The number of amides is 1. The number of carbonyl (C=O) groups excluding carboxylic acids is 2. The van der Waals surface area contributed by atoms with E-state index in [9.17, 15) is 19.7 Å². The number of hydrogen-bond acceptors (Lipinski definition) is 6. The van der Waals surface area contributed by atoms with E-state index in [1.54, 1.807) is 19.1 Å². The van der Waals surface area contributed by atoms with E-state index in [1.807, 2.05) is 25.1 Å². The predicted octanol–water partition coefficient (Wildman–Crippen LogP) is 3.16. The van der Waals surface area contributed by atoms with Gasteiger partial charge in [-0.2, -0.15) is 0 Å². The van der Waals surface area contributed by atoms with E-state index >= 15 is 0 Å². The second kappa shape index (κ2) is 9.33. The summed E-state index contributed by atoms with van der Waals surface area (Å²) in [5.74, 6) is -0.607. The van der Waals surface area contributed by atoms with Crippen molar-refractivity contribution in [2.75, 3.05) is 18.5 Å². The maximum Gasteiger partial charge on any atom is 0.309 e. The lowest BCUT2D eigenvalue weighted by atomic mass is 10.1. The maximum atomic E-state index is 11.9. The summed E-state index contributed by atoms with van der Waals surface area (Å²) in [6.45, 7) is 3.15. The summed E-state index contributed by atoms with van der Waals surface area (Å²) >= 11 is 0. The first-order chi connectivity index (χ1) is 12.9. The van der Waals surface area contributed by atoms with Gasteiger partial charge in [-0.3, -0.25) is 19.7 Å². The van der Waals surface area contributed by atoms with Gasteiger partial charge in [0.1, 0.15) is 11.4 Å². The van der Waals surface area contributed by atoms with Crippen LogP contribution in [0.1, 0.15) is 17.5 Å².